The molecule has 1 fully saturated rings. The molecule has 2 nitrogen and oxygen atoms in total. The molecule has 0 radical (unpaired) electrons. The highest BCUT2D eigenvalue weighted by molar-refractivity contribution is 6.30. The van der Waals surface area contributed by atoms with Gasteiger partial charge in [0.15, 0.2) is 0 Å². The Kier molecular flexibility index (Phi) is 5.66. The van der Waals surface area contributed by atoms with Gasteiger partial charge in [0.1, 0.15) is 0 Å². The third-order valence-corrected chi connectivity index (χ3v) is 3.95. The number of rotatable bonds is 3. The predicted molar refractivity (Wildman–Crippen MR) is 82.6 cm³/mol. The highest BCUT2D eigenvalue weighted by Gasteiger charge is 2.25. The summed E-state index contributed by atoms with van der Waals surface area (Å²) in [5.74, 6) is -0.150. The summed E-state index contributed by atoms with van der Waals surface area (Å²) in [4.78, 5) is 12.1. The molecule has 0 N–H and O–H groups in total. The summed E-state index contributed by atoms with van der Waals surface area (Å²) >= 11 is 5.91. The summed E-state index contributed by atoms with van der Waals surface area (Å²) in [6.07, 6.45) is 7.44. The van der Waals surface area contributed by atoms with Gasteiger partial charge >= 0.3 is 5.97 Å². The second kappa shape index (κ2) is 7.49. The van der Waals surface area contributed by atoms with Crippen molar-refractivity contribution in [2.24, 2.45) is 5.92 Å². The molecule has 1 aromatic carbocycles. The lowest BCUT2D eigenvalue weighted by atomic mass is 9.92. The minimum atomic E-state index is -0.0758. The van der Waals surface area contributed by atoms with E-state index < -0.39 is 0 Å². The number of ether oxygens (including phenoxy) is 1. The molecule has 1 aliphatic carbocycles. The van der Waals surface area contributed by atoms with Crippen molar-refractivity contribution in [3.8, 4) is 0 Å². The summed E-state index contributed by atoms with van der Waals surface area (Å²) in [5, 5.41) is 0.731. The third kappa shape index (κ3) is 4.11. The SMILES string of the molecule is CCOC(=O)C1CCCCC/C1=C\c1ccc(Cl)cc1. The molecule has 0 aliphatic heterocycles. The van der Waals surface area contributed by atoms with E-state index in [1.165, 1.54) is 12.0 Å². The summed E-state index contributed by atoms with van der Waals surface area (Å²) in [7, 11) is 0. The normalized spacial score (nSPS) is 21.5. The van der Waals surface area contributed by atoms with Crippen LogP contribution in [0, 0.1) is 5.92 Å². The Labute approximate surface area is 125 Å². The van der Waals surface area contributed by atoms with Gasteiger partial charge in [0, 0.05) is 5.02 Å². The molecule has 0 spiro atoms. The largest absolute Gasteiger partial charge is 0.466 e. The molecule has 1 saturated carbocycles. The zero-order valence-corrected chi connectivity index (χ0v) is 12.7. The van der Waals surface area contributed by atoms with Gasteiger partial charge in [0.25, 0.3) is 0 Å². The summed E-state index contributed by atoms with van der Waals surface area (Å²) in [6, 6.07) is 7.74. The summed E-state index contributed by atoms with van der Waals surface area (Å²) in [5.41, 5.74) is 2.30. The Bertz CT molecular complexity index is 476. The number of esters is 1. The van der Waals surface area contributed by atoms with Crippen molar-refractivity contribution in [1.82, 2.24) is 0 Å². The molecular formula is C17H21ClO2. The molecule has 2 rings (SSSR count). The van der Waals surface area contributed by atoms with Crippen molar-refractivity contribution in [3.63, 3.8) is 0 Å². The van der Waals surface area contributed by atoms with Crippen LogP contribution in [-0.2, 0) is 9.53 Å². The fourth-order valence-electron chi connectivity index (χ4n) is 2.67. The first-order chi connectivity index (χ1) is 9.70. The van der Waals surface area contributed by atoms with Crippen LogP contribution in [0.5, 0.6) is 0 Å². The predicted octanol–water partition coefficient (Wildman–Crippen LogP) is 4.87. The van der Waals surface area contributed by atoms with Crippen molar-refractivity contribution in [1.29, 1.82) is 0 Å². The first kappa shape index (κ1) is 15.1. The number of benzene rings is 1. The maximum Gasteiger partial charge on any atom is 0.313 e. The lowest BCUT2D eigenvalue weighted by Gasteiger charge is -2.16. The maximum absolute atomic E-state index is 12.1. The lowest BCUT2D eigenvalue weighted by Crippen LogP contribution is -2.19. The van der Waals surface area contributed by atoms with E-state index in [2.05, 4.69) is 6.08 Å². The quantitative estimate of drug-likeness (QED) is 0.587. The van der Waals surface area contributed by atoms with Gasteiger partial charge < -0.3 is 4.74 Å². The molecule has 0 amide bonds. The zero-order valence-electron chi connectivity index (χ0n) is 11.9. The van der Waals surface area contributed by atoms with Crippen molar-refractivity contribution >= 4 is 23.6 Å². The first-order valence-corrected chi connectivity index (χ1v) is 7.71. The Morgan fingerprint density at radius 2 is 2.05 bits per heavy atom. The van der Waals surface area contributed by atoms with Gasteiger partial charge in [-0.2, -0.15) is 0 Å². The van der Waals surface area contributed by atoms with Crippen molar-refractivity contribution < 1.29 is 9.53 Å². The Morgan fingerprint density at radius 1 is 1.30 bits per heavy atom. The highest BCUT2D eigenvalue weighted by atomic mass is 35.5. The van der Waals surface area contributed by atoms with Gasteiger partial charge in [-0.15, -0.1) is 0 Å². The monoisotopic (exact) mass is 292 g/mol. The fourth-order valence-corrected chi connectivity index (χ4v) is 2.80. The second-order valence-electron chi connectivity index (χ2n) is 5.17. The van der Waals surface area contributed by atoms with Crippen LogP contribution in [0.4, 0.5) is 0 Å². The van der Waals surface area contributed by atoms with Crippen LogP contribution < -0.4 is 0 Å². The maximum atomic E-state index is 12.1. The van der Waals surface area contributed by atoms with E-state index in [0.29, 0.717) is 6.61 Å². The van der Waals surface area contributed by atoms with Crippen LogP contribution in [0.25, 0.3) is 6.08 Å². The standard InChI is InChI=1S/C17H21ClO2/c1-2-20-17(19)16-7-5-3-4-6-14(16)12-13-8-10-15(18)11-9-13/h8-12,16H,2-7H2,1H3/b14-12+. The van der Waals surface area contributed by atoms with Crippen molar-refractivity contribution in [3.05, 3.63) is 40.4 Å². The van der Waals surface area contributed by atoms with Gasteiger partial charge in [0.2, 0.25) is 0 Å². The van der Waals surface area contributed by atoms with Crippen LogP contribution >= 0.6 is 11.6 Å². The van der Waals surface area contributed by atoms with Gasteiger partial charge in [-0.05, 0) is 43.9 Å². The van der Waals surface area contributed by atoms with E-state index in [1.54, 1.807) is 0 Å². The molecule has 20 heavy (non-hydrogen) atoms. The van der Waals surface area contributed by atoms with Crippen LogP contribution in [0.3, 0.4) is 0 Å². The van der Waals surface area contributed by atoms with Crippen molar-refractivity contribution in [2.45, 2.75) is 39.0 Å². The number of hydrogen-bond donors (Lipinski definition) is 0. The van der Waals surface area contributed by atoms with Gasteiger partial charge in [-0.1, -0.05) is 48.2 Å². The average molecular weight is 293 g/mol. The number of carbonyl (C=O) groups is 1. The molecular weight excluding hydrogens is 272 g/mol. The minimum absolute atomic E-state index is 0.0744. The smallest absolute Gasteiger partial charge is 0.313 e. The minimum Gasteiger partial charge on any atom is -0.466 e. The summed E-state index contributed by atoms with van der Waals surface area (Å²) in [6.45, 7) is 2.31. The molecule has 1 atom stereocenters. The van der Waals surface area contributed by atoms with Gasteiger partial charge in [0.05, 0.1) is 12.5 Å². The average Bonchev–Trinajstić information content (AvgIpc) is 2.67. The van der Waals surface area contributed by atoms with E-state index in [4.69, 9.17) is 16.3 Å². The topological polar surface area (TPSA) is 26.3 Å². The first-order valence-electron chi connectivity index (χ1n) is 7.33. The molecule has 0 bridgehead atoms. The van der Waals surface area contributed by atoms with E-state index >= 15 is 0 Å². The zero-order chi connectivity index (χ0) is 14.4. The number of halogens is 1. The molecule has 3 heteroatoms. The highest BCUT2D eigenvalue weighted by Crippen LogP contribution is 2.31. The van der Waals surface area contributed by atoms with E-state index in [0.717, 1.165) is 36.3 Å². The molecule has 0 aromatic heterocycles. The second-order valence-corrected chi connectivity index (χ2v) is 5.61. The molecule has 0 heterocycles. The Morgan fingerprint density at radius 3 is 2.75 bits per heavy atom. The van der Waals surface area contributed by atoms with Crippen LogP contribution in [0.1, 0.15) is 44.6 Å². The molecule has 1 aliphatic rings. The van der Waals surface area contributed by atoms with E-state index in [1.807, 2.05) is 31.2 Å². The number of hydrogen-bond acceptors (Lipinski definition) is 2. The summed E-state index contributed by atoms with van der Waals surface area (Å²) < 4.78 is 5.22. The van der Waals surface area contributed by atoms with Gasteiger partial charge in [-0.3, -0.25) is 4.79 Å². The van der Waals surface area contributed by atoms with Crippen LogP contribution in [-0.4, -0.2) is 12.6 Å². The van der Waals surface area contributed by atoms with Crippen LogP contribution in [0.2, 0.25) is 5.02 Å². The van der Waals surface area contributed by atoms with E-state index in [9.17, 15) is 4.79 Å². The molecule has 108 valence electrons. The molecule has 0 saturated heterocycles. The third-order valence-electron chi connectivity index (χ3n) is 3.70. The Balaban J connectivity index is 2.23. The lowest BCUT2D eigenvalue weighted by molar-refractivity contribution is -0.146. The molecule has 1 unspecified atom stereocenters. The van der Waals surface area contributed by atoms with E-state index in [-0.39, 0.29) is 11.9 Å². The molecule has 1 aromatic rings. The van der Waals surface area contributed by atoms with Gasteiger partial charge in [-0.25, -0.2) is 0 Å². The van der Waals surface area contributed by atoms with Crippen LogP contribution in [0.15, 0.2) is 29.8 Å². The fraction of sp³-hybridized carbons (Fsp3) is 0.471. The van der Waals surface area contributed by atoms with Crippen molar-refractivity contribution in [2.75, 3.05) is 6.61 Å². The number of carbonyl (C=O) groups excluding carboxylic acids is 1. The Hall–Kier alpha value is -1.28.